The average molecular weight is 384 g/mol. The van der Waals surface area contributed by atoms with Crippen LogP contribution in [0.2, 0.25) is 0 Å². The van der Waals surface area contributed by atoms with E-state index in [9.17, 15) is 4.79 Å². The molecule has 0 aliphatic carbocycles. The number of piperidine rings is 1. The Bertz CT molecular complexity index is 1010. The predicted molar refractivity (Wildman–Crippen MR) is 115 cm³/mol. The van der Waals surface area contributed by atoms with Crippen molar-refractivity contribution in [3.05, 3.63) is 89.6 Å². The molecule has 3 aromatic rings. The van der Waals surface area contributed by atoms with Gasteiger partial charge < -0.3 is 10.6 Å². The fourth-order valence-corrected chi connectivity index (χ4v) is 3.88. The van der Waals surface area contributed by atoms with Crippen LogP contribution in [0, 0.1) is 5.41 Å². The number of benzene rings is 2. The minimum Gasteiger partial charge on any atom is -0.384 e. The Kier molecular flexibility index (Phi) is 5.38. The van der Waals surface area contributed by atoms with E-state index < -0.39 is 0 Å². The van der Waals surface area contributed by atoms with Crippen LogP contribution in [0.4, 0.5) is 0 Å². The second-order valence-electron chi connectivity index (χ2n) is 7.40. The molecule has 1 aliphatic rings. The van der Waals surface area contributed by atoms with Crippen LogP contribution in [0.1, 0.15) is 40.2 Å². The van der Waals surface area contributed by atoms with Gasteiger partial charge >= 0.3 is 0 Å². The molecule has 29 heavy (non-hydrogen) atoms. The Morgan fingerprint density at radius 1 is 0.966 bits per heavy atom. The Morgan fingerprint density at radius 3 is 2.38 bits per heavy atom. The largest absolute Gasteiger partial charge is 0.384 e. The molecule has 4 rings (SSSR count). The van der Waals surface area contributed by atoms with Gasteiger partial charge in [0.25, 0.3) is 5.91 Å². The molecule has 1 aromatic heterocycles. The number of likely N-dealkylation sites (tertiary alicyclic amines) is 1. The van der Waals surface area contributed by atoms with E-state index in [1.807, 2.05) is 65.6 Å². The van der Waals surface area contributed by atoms with Crippen molar-refractivity contribution in [2.24, 2.45) is 5.73 Å². The number of nitrogens with one attached hydrogen (secondary N) is 1. The van der Waals surface area contributed by atoms with Crippen LogP contribution < -0.4 is 5.73 Å². The maximum absolute atomic E-state index is 12.9. The molecular weight excluding hydrogens is 360 g/mol. The Labute approximate surface area is 170 Å². The normalized spacial score (nSPS) is 14.6. The van der Waals surface area contributed by atoms with E-state index in [0.717, 1.165) is 42.8 Å². The van der Waals surface area contributed by atoms with Crippen LogP contribution in [0.15, 0.2) is 72.9 Å². The first-order valence-electron chi connectivity index (χ1n) is 9.87. The van der Waals surface area contributed by atoms with Crippen molar-refractivity contribution in [3.8, 4) is 11.3 Å². The smallest absolute Gasteiger partial charge is 0.253 e. The van der Waals surface area contributed by atoms with Crippen LogP contribution in [0.5, 0.6) is 0 Å². The first-order valence-corrected chi connectivity index (χ1v) is 9.87. The summed E-state index contributed by atoms with van der Waals surface area (Å²) < 4.78 is 0. The minimum atomic E-state index is 0.0773. The Balaban J connectivity index is 1.40. The van der Waals surface area contributed by atoms with Crippen molar-refractivity contribution in [1.29, 1.82) is 5.41 Å². The zero-order valence-corrected chi connectivity index (χ0v) is 16.2. The Hall–Kier alpha value is -3.47. The molecule has 0 bridgehead atoms. The van der Waals surface area contributed by atoms with Crippen LogP contribution in [0.3, 0.4) is 0 Å². The predicted octanol–water partition coefficient (Wildman–Crippen LogP) is 4.05. The summed E-state index contributed by atoms with van der Waals surface area (Å²) in [5.41, 5.74) is 10.2. The summed E-state index contributed by atoms with van der Waals surface area (Å²) in [6.45, 7) is 1.46. The SMILES string of the molecule is N=C(N)c1cccc(C2CCN(C(=O)c3ccc(-c4ccccn4)cc3)CC2)c1. The van der Waals surface area contributed by atoms with Crippen LogP contribution in [0.25, 0.3) is 11.3 Å². The summed E-state index contributed by atoms with van der Waals surface area (Å²) in [6.07, 6.45) is 3.60. The van der Waals surface area contributed by atoms with Gasteiger partial charge in [-0.2, -0.15) is 0 Å². The molecule has 146 valence electrons. The lowest BCUT2D eigenvalue weighted by atomic mass is 9.88. The number of aromatic nitrogens is 1. The van der Waals surface area contributed by atoms with E-state index in [0.29, 0.717) is 11.5 Å². The molecule has 0 saturated carbocycles. The van der Waals surface area contributed by atoms with Crippen molar-refractivity contribution < 1.29 is 4.79 Å². The fourth-order valence-electron chi connectivity index (χ4n) is 3.88. The highest BCUT2D eigenvalue weighted by Crippen LogP contribution is 2.29. The quantitative estimate of drug-likeness (QED) is 0.526. The fraction of sp³-hybridized carbons (Fsp3) is 0.208. The van der Waals surface area contributed by atoms with Gasteiger partial charge in [0.05, 0.1) is 5.69 Å². The molecule has 1 amide bonds. The first-order chi connectivity index (χ1) is 14.1. The molecule has 2 aromatic carbocycles. The lowest BCUT2D eigenvalue weighted by Crippen LogP contribution is -2.37. The monoisotopic (exact) mass is 384 g/mol. The van der Waals surface area contributed by atoms with E-state index in [1.165, 1.54) is 5.56 Å². The summed E-state index contributed by atoms with van der Waals surface area (Å²) in [7, 11) is 0. The molecular formula is C24H24N4O. The van der Waals surface area contributed by atoms with Gasteiger partial charge in [0, 0.05) is 36.0 Å². The highest BCUT2D eigenvalue weighted by Gasteiger charge is 2.24. The number of rotatable bonds is 4. The van der Waals surface area contributed by atoms with E-state index in [-0.39, 0.29) is 11.7 Å². The summed E-state index contributed by atoms with van der Waals surface area (Å²) >= 11 is 0. The summed E-state index contributed by atoms with van der Waals surface area (Å²) in [5, 5.41) is 7.62. The van der Waals surface area contributed by atoms with Crippen molar-refractivity contribution in [2.45, 2.75) is 18.8 Å². The lowest BCUT2D eigenvalue weighted by Gasteiger charge is -2.32. The zero-order valence-electron chi connectivity index (χ0n) is 16.2. The van der Waals surface area contributed by atoms with E-state index in [2.05, 4.69) is 11.1 Å². The number of hydrogen-bond acceptors (Lipinski definition) is 3. The molecule has 1 saturated heterocycles. The van der Waals surface area contributed by atoms with E-state index in [4.69, 9.17) is 11.1 Å². The molecule has 5 nitrogen and oxygen atoms in total. The summed E-state index contributed by atoms with van der Waals surface area (Å²) in [4.78, 5) is 19.2. The standard InChI is InChI=1S/C24H24N4O/c25-23(26)21-5-3-4-20(16-21)17-11-14-28(15-12-17)24(29)19-9-7-18(8-10-19)22-6-1-2-13-27-22/h1-10,13,16-17H,11-12,14-15H2,(H3,25,26). The first kappa shape index (κ1) is 18.9. The second kappa shape index (κ2) is 8.27. The summed E-state index contributed by atoms with van der Waals surface area (Å²) in [6, 6.07) is 21.4. The van der Waals surface area contributed by atoms with Crippen molar-refractivity contribution in [1.82, 2.24) is 9.88 Å². The molecule has 3 N–H and O–H groups in total. The van der Waals surface area contributed by atoms with Crippen molar-refractivity contribution >= 4 is 11.7 Å². The van der Waals surface area contributed by atoms with Gasteiger partial charge in [-0.05, 0) is 54.7 Å². The lowest BCUT2D eigenvalue weighted by molar-refractivity contribution is 0.0713. The topological polar surface area (TPSA) is 83.1 Å². The van der Waals surface area contributed by atoms with Gasteiger partial charge in [-0.15, -0.1) is 0 Å². The molecule has 1 fully saturated rings. The van der Waals surface area contributed by atoms with Gasteiger partial charge in [-0.3, -0.25) is 15.2 Å². The summed E-state index contributed by atoms with van der Waals surface area (Å²) in [5.74, 6) is 0.562. The number of nitrogens with zero attached hydrogens (tertiary/aromatic N) is 2. The van der Waals surface area contributed by atoms with Gasteiger partial charge in [-0.1, -0.05) is 36.4 Å². The second-order valence-corrected chi connectivity index (χ2v) is 7.40. The number of nitrogens with two attached hydrogens (primary N) is 1. The number of carbonyl (C=O) groups excluding carboxylic acids is 1. The van der Waals surface area contributed by atoms with Crippen LogP contribution in [-0.4, -0.2) is 34.7 Å². The highest BCUT2D eigenvalue weighted by atomic mass is 16.2. The van der Waals surface area contributed by atoms with Crippen molar-refractivity contribution in [3.63, 3.8) is 0 Å². The van der Waals surface area contributed by atoms with E-state index in [1.54, 1.807) is 6.20 Å². The molecule has 0 spiro atoms. The third-order valence-corrected chi connectivity index (χ3v) is 5.54. The van der Waals surface area contributed by atoms with Gasteiger partial charge in [-0.25, -0.2) is 0 Å². The number of pyridine rings is 1. The number of carbonyl (C=O) groups is 1. The van der Waals surface area contributed by atoms with E-state index >= 15 is 0 Å². The third-order valence-electron chi connectivity index (χ3n) is 5.54. The zero-order chi connectivity index (χ0) is 20.2. The van der Waals surface area contributed by atoms with Crippen LogP contribution in [-0.2, 0) is 0 Å². The molecule has 0 radical (unpaired) electrons. The van der Waals surface area contributed by atoms with Gasteiger partial charge in [0.2, 0.25) is 0 Å². The number of nitrogen functional groups attached to an aromatic ring is 1. The molecule has 0 atom stereocenters. The van der Waals surface area contributed by atoms with Crippen molar-refractivity contribution in [2.75, 3.05) is 13.1 Å². The number of amidine groups is 1. The third kappa shape index (κ3) is 4.19. The Morgan fingerprint density at radius 2 is 1.72 bits per heavy atom. The maximum Gasteiger partial charge on any atom is 0.253 e. The van der Waals surface area contributed by atoms with Crippen LogP contribution >= 0.6 is 0 Å². The minimum absolute atomic E-state index is 0.0773. The average Bonchev–Trinajstić information content (AvgIpc) is 2.79. The van der Waals surface area contributed by atoms with Gasteiger partial charge in [0.1, 0.15) is 5.84 Å². The highest BCUT2D eigenvalue weighted by molar-refractivity contribution is 5.95. The molecule has 1 aliphatic heterocycles. The number of amides is 1. The molecule has 5 heteroatoms. The molecule has 0 unspecified atom stereocenters. The number of hydrogen-bond donors (Lipinski definition) is 2. The maximum atomic E-state index is 12.9. The molecule has 2 heterocycles. The van der Waals surface area contributed by atoms with Gasteiger partial charge in [0.15, 0.2) is 0 Å².